The largest absolute Gasteiger partial charge is 0.469 e. The van der Waals surface area contributed by atoms with Gasteiger partial charge in [-0.05, 0) is 30.6 Å². The zero-order valence-corrected chi connectivity index (χ0v) is 12.5. The summed E-state index contributed by atoms with van der Waals surface area (Å²) in [6.45, 7) is 6.53. The van der Waals surface area contributed by atoms with Crippen LogP contribution in [0.25, 0.3) is 0 Å². The van der Waals surface area contributed by atoms with Crippen molar-refractivity contribution in [2.24, 2.45) is 17.2 Å². The predicted octanol–water partition coefficient (Wildman–Crippen LogP) is 2.26. The van der Waals surface area contributed by atoms with Crippen LogP contribution in [0.1, 0.15) is 40.0 Å². The Balaban J connectivity index is 2.25. The number of nitrogen functional groups attached to an aromatic ring is 1. The standard InChI is InChI=1S/C13H21N5O3/c1-8-4-9(6-13(2,3)5-8)21-12-10(18(19)20)11(17-14)15-7-16-12/h7-9H,4-6,14H2,1-3H3,(H,15,16,17). The van der Waals surface area contributed by atoms with Gasteiger partial charge in [-0.15, -0.1) is 0 Å². The van der Waals surface area contributed by atoms with Crippen molar-refractivity contribution >= 4 is 11.5 Å². The van der Waals surface area contributed by atoms with Crippen LogP contribution in [0.3, 0.4) is 0 Å². The number of hydrogen-bond donors (Lipinski definition) is 2. The third kappa shape index (κ3) is 3.57. The molecule has 1 aliphatic carbocycles. The van der Waals surface area contributed by atoms with Gasteiger partial charge in [-0.3, -0.25) is 10.1 Å². The number of ether oxygens (including phenoxy) is 1. The minimum absolute atomic E-state index is 0.0298. The molecule has 0 radical (unpaired) electrons. The smallest absolute Gasteiger partial charge is 0.374 e. The molecule has 0 aromatic carbocycles. The molecule has 0 saturated heterocycles. The molecule has 8 nitrogen and oxygen atoms in total. The summed E-state index contributed by atoms with van der Waals surface area (Å²) < 4.78 is 5.81. The Morgan fingerprint density at radius 1 is 1.48 bits per heavy atom. The van der Waals surface area contributed by atoms with Crippen molar-refractivity contribution in [2.75, 3.05) is 5.43 Å². The lowest BCUT2D eigenvalue weighted by Crippen LogP contribution is -2.34. The Kier molecular flexibility index (Phi) is 4.26. The Morgan fingerprint density at radius 2 is 2.19 bits per heavy atom. The molecule has 1 heterocycles. The maximum Gasteiger partial charge on any atom is 0.374 e. The second kappa shape index (κ2) is 5.80. The first-order valence-electron chi connectivity index (χ1n) is 6.95. The van der Waals surface area contributed by atoms with Crippen LogP contribution < -0.4 is 16.0 Å². The van der Waals surface area contributed by atoms with Crippen LogP contribution in [-0.2, 0) is 0 Å². The van der Waals surface area contributed by atoms with Crippen LogP contribution in [0.2, 0.25) is 0 Å². The normalized spacial score (nSPS) is 24.4. The number of nitrogens with zero attached hydrogens (tertiary/aromatic N) is 3. The molecule has 1 aromatic heterocycles. The molecule has 0 bridgehead atoms. The van der Waals surface area contributed by atoms with Crippen molar-refractivity contribution in [1.29, 1.82) is 0 Å². The zero-order chi connectivity index (χ0) is 15.6. The SMILES string of the molecule is CC1CC(Oc2ncnc(NN)c2[N+](=O)[O-])CC(C)(C)C1. The van der Waals surface area contributed by atoms with E-state index < -0.39 is 4.92 Å². The molecule has 0 aliphatic heterocycles. The van der Waals surface area contributed by atoms with Gasteiger partial charge in [0.15, 0.2) is 0 Å². The summed E-state index contributed by atoms with van der Waals surface area (Å²) in [7, 11) is 0. The van der Waals surface area contributed by atoms with E-state index in [0.717, 1.165) is 19.3 Å². The van der Waals surface area contributed by atoms with Crippen molar-refractivity contribution in [1.82, 2.24) is 9.97 Å². The van der Waals surface area contributed by atoms with Gasteiger partial charge in [-0.25, -0.2) is 10.8 Å². The molecule has 2 unspecified atom stereocenters. The van der Waals surface area contributed by atoms with Gasteiger partial charge in [-0.2, -0.15) is 4.98 Å². The summed E-state index contributed by atoms with van der Waals surface area (Å²) in [5.41, 5.74) is 2.04. The minimum Gasteiger partial charge on any atom is -0.469 e. The maximum atomic E-state index is 11.2. The second-order valence-corrected chi connectivity index (χ2v) is 6.43. The second-order valence-electron chi connectivity index (χ2n) is 6.43. The first-order valence-corrected chi connectivity index (χ1v) is 6.95. The highest BCUT2D eigenvalue weighted by Gasteiger charge is 2.35. The van der Waals surface area contributed by atoms with E-state index >= 15 is 0 Å². The number of anilines is 1. The minimum atomic E-state index is -0.581. The molecule has 1 aromatic rings. The average Bonchev–Trinajstić information content (AvgIpc) is 2.35. The molecule has 2 rings (SSSR count). The number of nitrogens with two attached hydrogens (primary N) is 1. The van der Waals surface area contributed by atoms with Crippen LogP contribution in [-0.4, -0.2) is 21.0 Å². The lowest BCUT2D eigenvalue weighted by molar-refractivity contribution is -0.385. The molecule has 21 heavy (non-hydrogen) atoms. The first kappa shape index (κ1) is 15.4. The van der Waals surface area contributed by atoms with Crippen molar-refractivity contribution in [3.8, 4) is 5.88 Å². The summed E-state index contributed by atoms with van der Waals surface area (Å²) in [4.78, 5) is 18.3. The molecular formula is C13H21N5O3. The fourth-order valence-corrected chi connectivity index (χ4v) is 3.23. The Labute approximate surface area is 123 Å². The van der Waals surface area contributed by atoms with E-state index in [2.05, 4.69) is 36.2 Å². The molecule has 0 spiro atoms. The van der Waals surface area contributed by atoms with E-state index in [1.807, 2.05) is 0 Å². The number of hydrazine groups is 1. The van der Waals surface area contributed by atoms with Gasteiger partial charge in [0, 0.05) is 0 Å². The predicted molar refractivity (Wildman–Crippen MR) is 77.7 cm³/mol. The van der Waals surface area contributed by atoms with Crippen LogP contribution in [0, 0.1) is 21.4 Å². The summed E-state index contributed by atoms with van der Waals surface area (Å²) in [6, 6.07) is 0. The lowest BCUT2D eigenvalue weighted by Gasteiger charge is -2.38. The maximum absolute atomic E-state index is 11.2. The van der Waals surface area contributed by atoms with Crippen LogP contribution in [0.5, 0.6) is 5.88 Å². The number of aromatic nitrogens is 2. The highest BCUT2D eigenvalue weighted by Crippen LogP contribution is 2.41. The van der Waals surface area contributed by atoms with E-state index in [1.54, 1.807) is 0 Å². The molecular weight excluding hydrogens is 274 g/mol. The number of rotatable bonds is 4. The molecule has 1 aliphatic rings. The Morgan fingerprint density at radius 3 is 2.76 bits per heavy atom. The van der Waals surface area contributed by atoms with Gasteiger partial charge in [0.05, 0.1) is 4.92 Å². The molecule has 1 saturated carbocycles. The summed E-state index contributed by atoms with van der Waals surface area (Å²) in [6.07, 6.45) is 3.92. The summed E-state index contributed by atoms with van der Waals surface area (Å²) >= 11 is 0. The number of nitro groups is 1. The monoisotopic (exact) mass is 295 g/mol. The fraction of sp³-hybridized carbons (Fsp3) is 0.692. The molecule has 0 amide bonds. The molecule has 1 fully saturated rings. The third-order valence-electron chi connectivity index (χ3n) is 3.73. The van der Waals surface area contributed by atoms with Crippen molar-refractivity contribution in [3.63, 3.8) is 0 Å². The van der Waals surface area contributed by atoms with E-state index in [0.29, 0.717) is 5.92 Å². The van der Waals surface area contributed by atoms with E-state index in [9.17, 15) is 10.1 Å². The third-order valence-corrected chi connectivity index (χ3v) is 3.73. The molecule has 3 N–H and O–H groups in total. The number of hydrogen-bond acceptors (Lipinski definition) is 7. The van der Waals surface area contributed by atoms with Crippen molar-refractivity contribution < 1.29 is 9.66 Å². The zero-order valence-electron chi connectivity index (χ0n) is 12.5. The fourth-order valence-electron chi connectivity index (χ4n) is 3.23. The van der Waals surface area contributed by atoms with Gasteiger partial charge in [0.2, 0.25) is 5.82 Å². The van der Waals surface area contributed by atoms with Gasteiger partial charge >= 0.3 is 5.69 Å². The summed E-state index contributed by atoms with van der Waals surface area (Å²) in [5.74, 6) is 5.68. The Hall–Kier alpha value is -1.96. The first-order chi connectivity index (χ1) is 9.82. The highest BCUT2D eigenvalue weighted by molar-refractivity contribution is 5.60. The molecule has 2 atom stereocenters. The molecule has 116 valence electrons. The van der Waals surface area contributed by atoms with Crippen LogP contribution in [0.4, 0.5) is 11.5 Å². The highest BCUT2D eigenvalue weighted by atomic mass is 16.6. The van der Waals surface area contributed by atoms with Crippen LogP contribution in [0.15, 0.2) is 6.33 Å². The number of nitrogens with one attached hydrogen (secondary N) is 1. The van der Waals surface area contributed by atoms with Gasteiger partial charge < -0.3 is 10.2 Å². The average molecular weight is 295 g/mol. The van der Waals surface area contributed by atoms with E-state index in [1.165, 1.54) is 6.33 Å². The van der Waals surface area contributed by atoms with Crippen molar-refractivity contribution in [2.45, 2.75) is 46.1 Å². The van der Waals surface area contributed by atoms with Gasteiger partial charge in [0.1, 0.15) is 12.4 Å². The van der Waals surface area contributed by atoms with Gasteiger partial charge in [0.25, 0.3) is 5.88 Å². The van der Waals surface area contributed by atoms with E-state index in [-0.39, 0.29) is 28.9 Å². The van der Waals surface area contributed by atoms with Gasteiger partial charge in [-0.1, -0.05) is 20.8 Å². The lowest BCUT2D eigenvalue weighted by atomic mass is 9.71. The topological polar surface area (TPSA) is 116 Å². The van der Waals surface area contributed by atoms with Crippen LogP contribution >= 0.6 is 0 Å². The van der Waals surface area contributed by atoms with E-state index in [4.69, 9.17) is 10.6 Å². The summed E-state index contributed by atoms with van der Waals surface area (Å²) in [5, 5.41) is 11.2. The quantitative estimate of drug-likeness (QED) is 0.497. The Bertz CT molecular complexity index is 535. The molecule has 8 heteroatoms. The van der Waals surface area contributed by atoms with Crippen molar-refractivity contribution in [3.05, 3.63) is 16.4 Å².